The van der Waals surface area contributed by atoms with Crippen molar-refractivity contribution >= 4 is 17.5 Å². The maximum Gasteiger partial charge on any atom is 0.253 e. The molecule has 1 N–H and O–H groups in total. The molecule has 0 fully saturated rings. The maximum atomic E-state index is 12.2. The topological polar surface area (TPSA) is 49.0 Å². The lowest BCUT2D eigenvalue weighted by Crippen LogP contribution is -2.26. The van der Waals surface area contributed by atoms with Gasteiger partial charge in [-0.25, -0.2) is 0 Å². The third-order valence-corrected chi connectivity index (χ3v) is 2.96. The molecule has 0 saturated carbocycles. The molecule has 0 unspecified atom stereocenters. The number of hydrogen-bond donors (Lipinski definition) is 1. The number of H-pyrrole nitrogens is 1. The lowest BCUT2D eigenvalue weighted by Gasteiger charge is -2.16. The summed E-state index contributed by atoms with van der Waals surface area (Å²) in [5.74, 6) is 0.384. The maximum absolute atomic E-state index is 12.2. The average molecular weight is 264 g/mol. The molecule has 0 radical (unpaired) electrons. The first-order valence-electron chi connectivity index (χ1n) is 5.58. The van der Waals surface area contributed by atoms with Crippen molar-refractivity contribution in [2.45, 2.75) is 12.4 Å². The predicted molar refractivity (Wildman–Crippen MR) is 70.4 cm³/mol. The van der Waals surface area contributed by atoms with Gasteiger partial charge in [0.25, 0.3) is 5.91 Å². The SMILES string of the molecule is CN(Cc1cn[nH]c1)C(=O)c1cccc(CCl)c1. The Hall–Kier alpha value is -1.81. The van der Waals surface area contributed by atoms with Gasteiger partial charge in [-0.05, 0) is 17.7 Å². The smallest absolute Gasteiger partial charge is 0.253 e. The standard InChI is InChI=1S/C13H14ClN3O/c1-17(9-11-7-15-16-8-11)13(18)12-4-2-3-10(5-12)6-14/h2-5,7-8H,6,9H2,1H3,(H,15,16). The van der Waals surface area contributed by atoms with E-state index in [1.54, 1.807) is 30.4 Å². The highest BCUT2D eigenvalue weighted by atomic mass is 35.5. The normalized spacial score (nSPS) is 10.3. The van der Waals surface area contributed by atoms with E-state index < -0.39 is 0 Å². The van der Waals surface area contributed by atoms with Crippen molar-refractivity contribution in [3.63, 3.8) is 0 Å². The van der Waals surface area contributed by atoms with Gasteiger partial charge >= 0.3 is 0 Å². The number of rotatable bonds is 4. The molecule has 2 aromatic rings. The summed E-state index contributed by atoms with van der Waals surface area (Å²) in [7, 11) is 1.77. The van der Waals surface area contributed by atoms with Gasteiger partial charge in [0.15, 0.2) is 0 Å². The highest BCUT2D eigenvalue weighted by Gasteiger charge is 2.12. The van der Waals surface area contributed by atoms with Crippen molar-refractivity contribution in [3.05, 3.63) is 53.3 Å². The van der Waals surface area contributed by atoms with Crippen LogP contribution in [0.4, 0.5) is 0 Å². The van der Waals surface area contributed by atoms with E-state index in [0.717, 1.165) is 11.1 Å². The summed E-state index contributed by atoms with van der Waals surface area (Å²) < 4.78 is 0. The Labute approximate surface area is 111 Å². The van der Waals surface area contributed by atoms with Gasteiger partial charge in [-0.3, -0.25) is 9.89 Å². The minimum Gasteiger partial charge on any atom is -0.337 e. The zero-order chi connectivity index (χ0) is 13.0. The fourth-order valence-corrected chi connectivity index (χ4v) is 1.88. The van der Waals surface area contributed by atoms with Crippen LogP contribution in [-0.2, 0) is 12.4 Å². The Balaban J connectivity index is 2.10. The molecule has 1 amide bonds. The lowest BCUT2D eigenvalue weighted by molar-refractivity contribution is 0.0785. The monoisotopic (exact) mass is 263 g/mol. The van der Waals surface area contributed by atoms with Gasteiger partial charge in [-0.2, -0.15) is 5.10 Å². The number of aromatic amines is 1. The summed E-state index contributed by atoms with van der Waals surface area (Å²) in [5, 5.41) is 6.58. The van der Waals surface area contributed by atoms with Crippen LogP contribution < -0.4 is 0 Å². The van der Waals surface area contributed by atoms with Crippen LogP contribution in [0.25, 0.3) is 0 Å². The van der Waals surface area contributed by atoms with Gasteiger partial charge in [0.2, 0.25) is 0 Å². The summed E-state index contributed by atoms with van der Waals surface area (Å²) in [6.07, 6.45) is 3.48. The summed E-state index contributed by atoms with van der Waals surface area (Å²) in [6.45, 7) is 0.528. The van der Waals surface area contributed by atoms with Gasteiger partial charge in [0, 0.05) is 36.8 Å². The number of nitrogens with zero attached hydrogens (tertiary/aromatic N) is 2. The van der Waals surface area contributed by atoms with E-state index in [0.29, 0.717) is 18.0 Å². The Morgan fingerprint density at radius 2 is 2.28 bits per heavy atom. The largest absolute Gasteiger partial charge is 0.337 e. The highest BCUT2D eigenvalue weighted by molar-refractivity contribution is 6.17. The van der Waals surface area contributed by atoms with E-state index in [1.165, 1.54) is 0 Å². The van der Waals surface area contributed by atoms with Crippen LogP contribution >= 0.6 is 11.6 Å². The number of aromatic nitrogens is 2. The van der Waals surface area contributed by atoms with E-state index in [2.05, 4.69) is 10.2 Å². The molecule has 5 heteroatoms. The quantitative estimate of drug-likeness (QED) is 0.862. The number of benzene rings is 1. The van der Waals surface area contributed by atoms with Crippen LogP contribution in [0.15, 0.2) is 36.7 Å². The number of carbonyl (C=O) groups is 1. The molecular formula is C13H14ClN3O. The summed E-state index contributed by atoms with van der Waals surface area (Å²) in [5.41, 5.74) is 2.57. The number of hydrogen-bond acceptors (Lipinski definition) is 2. The zero-order valence-electron chi connectivity index (χ0n) is 10.1. The van der Waals surface area contributed by atoms with Gasteiger partial charge in [0.05, 0.1) is 6.20 Å². The average Bonchev–Trinajstić information content (AvgIpc) is 2.90. The van der Waals surface area contributed by atoms with Crippen molar-refractivity contribution in [2.75, 3.05) is 7.05 Å². The summed E-state index contributed by atoms with van der Waals surface area (Å²) in [6, 6.07) is 7.36. The number of halogens is 1. The first-order chi connectivity index (χ1) is 8.70. The van der Waals surface area contributed by atoms with Gasteiger partial charge < -0.3 is 4.90 Å². The number of carbonyl (C=O) groups excluding carboxylic acids is 1. The fraction of sp³-hybridized carbons (Fsp3) is 0.231. The molecular weight excluding hydrogens is 250 g/mol. The van der Waals surface area contributed by atoms with Crippen LogP contribution in [-0.4, -0.2) is 28.1 Å². The summed E-state index contributed by atoms with van der Waals surface area (Å²) in [4.78, 5) is 13.8. The highest BCUT2D eigenvalue weighted by Crippen LogP contribution is 2.11. The molecule has 0 saturated heterocycles. The van der Waals surface area contributed by atoms with Gasteiger partial charge in [-0.15, -0.1) is 11.6 Å². The van der Waals surface area contributed by atoms with E-state index in [9.17, 15) is 4.79 Å². The third-order valence-electron chi connectivity index (χ3n) is 2.65. The Bertz CT molecular complexity index is 525. The minimum atomic E-state index is -0.0248. The van der Waals surface area contributed by atoms with Gasteiger partial charge in [0.1, 0.15) is 0 Å². The zero-order valence-corrected chi connectivity index (χ0v) is 10.8. The molecule has 18 heavy (non-hydrogen) atoms. The minimum absolute atomic E-state index is 0.0248. The fourth-order valence-electron chi connectivity index (χ4n) is 1.72. The second-order valence-electron chi connectivity index (χ2n) is 4.10. The lowest BCUT2D eigenvalue weighted by atomic mass is 10.1. The summed E-state index contributed by atoms with van der Waals surface area (Å²) >= 11 is 5.76. The van der Waals surface area contributed by atoms with Gasteiger partial charge in [-0.1, -0.05) is 12.1 Å². The van der Waals surface area contributed by atoms with E-state index in [-0.39, 0.29) is 5.91 Å². The molecule has 0 bridgehead atoms. The molecule has 0 aliphatic rings. The van der Waals surface area contributed by atoms with Crippen molar-refractivity contribution in [2.24, 2.45) is 0 Å². The Morgan fingerprint density at radius 3 is 2.94 bits per heavy atom. The molecule has 94 valence electrons. The van der Waals surface area contributed by atoms with Crippen molar-refractivity contribution in [3.8, 4) is 0 Å². The Kier molecular flexibility index (Phi) is 3.99. The predicted octanol–water partition coefficient (Wildman–Crippen LogP) is 2.42. The molecule has 0 spiro atoms. The molecule has 4 nitrogen and oxygen atoms in total. The first kappa shape index (κ1) is 12.6. The van der Waals surface area contributed by atoms with E-state index >= 15 is 0 Å². The first-order valence-corrected chi connectivity index (χ1v) is 6.12. The number of amides is 1. The third kappa shape index (κ3) is 2.90. The van der Waals surface area contributed by atoms with Crippen LogP contribution in [0.1, 0.15) is 21.5 Å². The molecule has 0 aliphatic carbocycles. The van der Waals surface area contributed by atoms with E-state index in [4.69, 9.17) is 11.6 Å². The second kappa shape index (κ2) is 5.69. The molecule has 2 rings (SSSR count). The molecule has 1 heterocycles. The molecule has 1 aromatic carbocycles. The Morgan fingerprint density at radius 1 is 1.44 bits per heavy atom. The van der Waals surface area contributed by atoms with Crippen molar-refractivity contribution < 1.29 is 4.79 Å². The molecule has 0 atom stereocenters. The molecule has 1 aromatic heterocycles. The van der Waals surface area contributed by atoms with Crippen LogP contribution in [0.3, 0.4) is 0 Å². The second-order valence-corrected chi connectivity index (χ2v) is 4.37. The van der Waals surface area contributed by atoms with Crippen molar-refractivity contribution in [1.82, 2.24) is 15.1 Å². The number of nitrogens with one attached hydrogen (secondary N) is 1. The van der Waals surface area contributed by atoms with E-state index in [1.807, 2.05) is 18.2 Å². The van der Waals surface area contributed by atoms with Crippen LogP contribution in [0.5, 0.6) is 0 Å². The van der Waals surface area contributed by atoms with Crippen LogP contribution in [0.2, 0.25) is 0 Å². The number of alkyl halides is 1. The molecule has 0 aliphatic heterocycles. The van der Waals surface area contributed by atoms with Crippen LogP contribution in [0, 0.1) is 0 Å². The van der Waals surface area contributed by atoms with Crippen molar-refractivity contribution in [1.29, 1.82) is 0 Å².